The van der Waals surface area contributed by atoms with Gasteiger partial charge in [-0.05, 0) is 38.4 Å². The summed E-state index contributed by atoms with van der Waals surface area (Å²) in [6, 6.07) is 4.39. The third kappa shape index (κ3) is 5.04. The number of nitrogens with zero attached hydrogens (tertiary/aromatic N) is 1. The van der Waals surface area contributed by atoms with Crippen molar-refractivity contribution >= 4 is 0 Å². The van der Waals surface area contributed by atoms with Gasteiger partial charge in [-0.15, -0.1) is 0 Å². The molecule has 1 aliphatic carbocycles. The highest BCUT2D eigenvalue weighted by molar-refractivity contribution is 5.18. The first-order valence-corrected chi connectivity index (χ1v) is 8.08. The van der Waals surface area contributed by atoms with Crippen LogP contribution in [0.3, 0.4) is 0 Å². The van der Waals surface area contributed by atoms with Crippen LogP contribution in [0.15, 0.2) is 18.2 Å². The van der Waals surface area contributed by atoms with Gasteiger partial charge < -0.3 is 5.73 Å². The Balaban J connectivity index is 2.07. The van der Waals surface area contributed by atoms with Crippen molar-refractivity contribution in [1.29, 1.82) is 0 Å². The van der Waals surface area contributed by atoms with Crippen LogP contribution in [0.4, 0.5) is 8.78 Å². The van der Waals surface area contributed by atoms with Crippen molar-refractivity contribution in [3.8, 4) is 0 Å². The Kier molecular flexibility index (Phi) is 6.58. The van der Waals surface area contributed by atoms with Gasteiger partial charge in [-0.25, -0.2) is 8.78 Å². The summed E-state index contributed by atoms with van der Waals surface area (Å²) in [5.41, 5.74) is 6.21. The zero-order valence-electron chi connectivity index (χ0n) is 12.7. The normalized spacial score (nSPS) is 17.1. The lowest BCUT2D eigenvalue weighted by Crippen LogP contribution is -2.36. The molecular formula is C17H26F2N2. The number of rotatable bonds is 6. The van der Waals surface area contributed by atoms with Gasteiger partial charge in [0.2, 0.25) is 0 Å². The van der Waals surface area contributed by atoms with Crippen molar-refractivity contribution in [1.82, 2.24) is 4.90 Å². The van der Waals surface area contributed by atoms with Crippen molar-refractivity contribution in [3.05, 3.63) is 35.4 Å². The maximum atomic E-state index is 13.9. The molecule has 0 aromatic heterocycles. The molecule has 21 heavy (non-hydrogen) atoms. The Morgan fingerprint density at radius 3 is 2.43 bits per heavy atom. The summed E-state index contributed by atoms with van der Waals surface area (Å²) in [6.45, 7) is 2.09. The molecule has 0 saturated heterocycles. The Bertz CT molecular complexity index is 429. The number of benzene rings is 1. The lowest BCUT2D eigenvalue weighted by Gasteiger charge is -2.31. The maximum Gasteiger partial charge on any atom is 0.130 e. The maximum absolute atomic E-state index is 13.9. The molecule has 1 saturated carbocycles. The van der Waals surface area contributed by atoms with E-state index in [2.05, 4.69) is 4.90 Å². The quantitative estimate of drug-likeness (QED) is 0.808. The van der Waals surface area contributed by atoms with Crippen LogP contribution in [-0.2, 0) is 6.54 Å². The molecule has 0 atom stereocenters. The molecule has 0 heterocycles. The molecule has 1 aromatic carbocycles. The van der Waals surface area contributed by atoms with Crippen LogP contribution >= 0.6 is 0 Å². The van der Waals surface area contributed by atoms with Gasteiger partial charge in [0.15, 0.2) is 0 Å². The van der Waals surface area contributed by atoms with Crippen LogP contribution in [0.25, 0.3) is 0 Å². The fraction of sp³-hybridized carbons (Fsp3) is 0.647. The molecule has 0 radical (unpaired) electrons. The molecule has 2 rings (SSSR count). The predicted octanol–water partition coefficient (Wildman–Crippen LogP) is 3.84. The Morgan fingerprint density at radius 2 is 1.81 bits per heavy atom. The largest absolute Gasteiger partial charge is 0.330 e. The van der Waals surface area contributed by atoms with Gasteiger partial charge >= 0.3 is 0 Å². The molecule has 0 aliphatic heterocycles. The van der Waals surface area contributed by atoms with Crippen LogP contribution in [0.1, 0.15) is 50.5 Å². The van der Waals surface area contributed by atoms with Crippen molar-refractivity contribution in [2.24, 2.45) is 5.73 Å². The Morgan fingerprint density at radius 1 is 1.10 bits per heavy atom. The van der Waals surface area contributed by atoms with E-state index in [-0.39, 0.29) is 0 Å². The molecule has 0 amide bonds. The highest BCUT2D eigenvalue weighted by Crippen LogP contribution is 2.24. The second-order valence-electron chi connectivity index (χ2n) is 5.99. The summed E-state index contributed by atoms with van der Waals surface area (Å²) < 4.78 is 26.9. The van der Waals surface area contributed by atoms with Gasteiger partial charge in [-0.1, -0.05) is 31.7 Å². The standard InChI is InChI=1S/C17H26F2N2/c18-15-9-8-14(17(19)12-15)13-21(11-5-10-20)16-6-3-1-2-4-7-16/h8-9,12,16H,1-7,10-11,13,20H2. The predicted molar refractivity (Wildman–Crippen MR) is 81.9 cm³/mol. The molecule has 1 aromatic rings. The fourth-order valence-electron chi connectivity index (χ4n) is 3.18. The van der Waals surface area contributed by atoms with Crippen LogP contribution < -0.4 is 5.73 Å². The molecule has 2 N–H and O–H groups in total. The lowest BCUT2D eigenvalue weighted by molar-refractivity contribution is 0.167. The highest BCUT2D eigenvalue weighted by Gasteiger charge is 2.21. The summed E-state index contributed by atoms with van der Waals surface area (Å²) in [6.07, 6.45) is 8.35. The molecule has 0 spiro atoms. The smallest absolute Gasteiger partial charge is 0.130 e. The van der Waals surface area contributed by atoms with Crippen LogP contribution in [0.5, 0.6) is 0 Å². The number of hydrogen-bond donors (Lipinski definition) is 1. The van der Waals surface area contributed by atoms with Crippen LogP contribution in [0, 0.1) is 11.6 Å². The molecule has 118 valence electrons. The van der Waals surface area contributed by atoms with Crippen LogP contribution in [-0.4, -0.2) is 24.0 Å². The zero-order valence-corrected chi connectivity index (χ0v) is 12.7. The molecule has 2 nitrogen and oxygen atoms in total. The Hall–Kier alpha value is -1.00. The average Bonchev–Trinajstić information content (AvgIpc) is 2.74. The first-order valence-electron chi connectivity index (χ1n) is 8.08. The van der Waals surface area contributed by atoms with Gasteiger partial charge in [0.1, 0.15) is 11.6 Å². The molecule has 0 bridgehead atoms. The summed E-state index contributed by atoms with van der Waals surface area (Å²) in [5.74, 6) is -0.958. The fourth-order valence-corrected chi connectivity index (χ4v) is 3.18. The Labute approximate surface area is 126 Å². The number of nitrogens with two attached hydrogens (primary N) is 1. The SMILES string of the molecule is NCCCN(Cc1ccc(F)cc1F)C1CCCCCC1. The van der Waals surface area contributed by atoms with Crippen LogP contribution in [0.2, 0.25) is 0 Å². The summed E-state index contributed by atoms with van der Waals surface area (Å²) >= 11 is 0. The third-order valence-corrected chi connectivity index (χ3v) is 4.38. The van der Waals surface area contributed by atoms with E-state index in [0.717, 1.165) is 19.0 Å². The second kappa shape index (κ2) is 8.44. The molecule has 1 aliphatic rings. The van der Waals surface area contributed by atoms with E-state index < -0.39 is 11.6 Å². The highest BCUT2D eigenvalue weighted by atomic mass is 19.1. The first-order chi connectivity index (χ1) is 10.2. The van der Waals surface area contributed by atoms with Gasteiger partial charge in [-0.2, -0.15) is 0 Å². The van der Waals surface area contributed by atoms with E-state index in [1.165, 1.54) is 44.6 Å². The van der Waals surface area contributed by atoms with Gasteiger partial charge in [0.05, 0.1) is 0 Å². The minimum Gasteiger partial charge on any atom is -0.330 e. The monoisotopic (exact) mass is 296 g/mol. The topological polar surface area (TPSA) is 29.3 Å². The van der Waals surface area contributed by atoms with Crippen molar-refractivity contribution in [2.45, 2.75) is 57.5 Å². The minimum absolute atomic E-state index is 0.443. The van der Waals surface area contributed by atoms with E-state index in [0.29, 0.717) is 24.7 Å². The van der Waals surface area contributed by atoms with Crippen molar-refractivity contribution < 1.29 is 8.78 Å². The lowest BCUT2D eigenvalue weighted by atomic mass is 10.0. The van der Waals surface area contributed by atoms with E-state index in [1.807, 2.05) is 0 Å². The number of hydrogen-bond acceptors (Lipinski definition) is 2. The minimum atomic E-state index is -0.515. The summed E-state index contributed by atoms with van der Waals surface area (Å²) in [4.78, 5) is 2.34. The molecule has 0 unspecified atom stereocenters. The molecule has 4 heteroatoms. The van der Waals surface area contributed by atoms with E-state index in [9.17, 15) is 8.78 Å². The number of halogens is 2. The summed E-state index contributed by atoms with van der Waals surface area (Å²) in [7, 11) is 0. The van der Waals surface area contributed by atoms with Crippen molar-refractivity contribution in [2.75, 3.05) is 13.1 Å². The van der Waals surface area contributed by atoms with Crippen molar-refractivity contribution in [3.63, 3.8) is 0 Å². The van der Waals surface area contributed by atoms with Gasteiger partial charge in [0.25, 0.3) is 0 Å². The third-order valence-electron chi connectivity index (χ3n) is 4.38. The zero-order chi connectivity index (χ0) is 15.1. The second-order valence-corrected chi connectivity index (χ2v) is 5.99. The average molecular weight is 296 g/mol. The van der Waals surface area contributed by atoms with E-state index in [1.54, 1.807) is 6.07 Å². The van der Waals surface area contributed by atoms with Gasteiger partial charge in [0, 0.05) is 24.2 Å². The van der Waals surface area contributed by atoms with E-state index in [4.69, 9.17) is 5.73 Å². The molecule has 1 fully saturated rings. The van der Waals surface area contributed by atoms with E-state index >= 15 is 0 Å². The van der Waals surface area contributed by atoms with Gasteiger partial charge in [-0.3, -0.25) is 4.90 Å². The molecular weight excluding hydrogens is 270 g/mol. The first kappa shape index (κ1) is 16.4. The summed E-state index contributed by atoms with van der Waals surface area (Å²) in [5, 5.41) is 0.